The lowest BCUT2D eigenvalue weighted by atomic mass is 10.1. The SMILES string of the molecule is C#CCOc1ccc(Br)cc1CNC(C)(C)C#C. The van der Waals surface area contributed by atoms with Crippen LogP contribution in [-0.4, -0.2) is 12.1 Å². The van der Waals surface area contributed by atoms with Gasteiger partial charge < -0.3 is 4.74 Å². The normalized spacial score (nSPS) is 10.5. The highest BCUT2D eigenvalue weighted by molar-refractivity contribution is 9.10. The van der Waals surface area contributed by atoms with Gasteiger partial charge in [0.15, 0.2) is 0 Å². The Bertz CT molecular complexity index is 494. The van der Waals surface area contributed by atoms with Crippen molar-refractivity contribution in [3.8, 4) is 30.4 Å². The lowest BCUT2D eigenvalue weighted by molar-refractivity contribution is 0.362. The molecule has 0 fully saturated rings. The Kier molecular flexibility index (Phi) is 5.28. The molecule has 3 heteroatoms. The molecule has 0 unspecified atom stereocenters. The maximum absolute atomic E-state index is 5.49. The highest BCUT2D eigenvalue weighted by Crippen LogP contribution is 2.23. The van der Waals surface area contributed by atoms with Crippen LogP contribution in [0.25, 0.3) is 0 Å². The van der Waals surface area contributed by atoms with E-state index in [4.69, 9.17) is 17.6 Å². The van der Waals surface area contributed by atoms with Crippen LogP contribution in [0.3, 0.4) is 0 Å². The number of terminal acetylenes is 2. The van der Waals surface area contributed by atoms with Crippen molar-refractivity contribution in [1.82, 2.24) is 5.32 Å². The Morgan fingerprint density at radius 1 is 1.39 bits per heavy atom. The second-order valence-electron chi connectivity index (χ2n) is 4.37. The minimum Gasteiger partial charge on any atom is -0.481 e. The second-order valence-corrected chi connectivity index (χ2v) is 5.28. The highest BCUT2D eigenvalue weighted by Gasteiger charge is 2.14. The molecule has 0 radical (unpaired) electrons. The van der Waals surface area contributed by atoms with Crippen LogP contribution in [0.4, 0.5) is 0 Å². The smallest absolute Gasteiger partial charge is 0.148 e. The zero-order valence-electron chi connectivity index (χ0n) is 10.6. The first kappa shape index (κ1) is 14.6. The van der Waals surface area contributed by atoms with E-state index >= 15 is 0 Å². The third-order valence-corrected chi connectivity index (χ3v) is 2.91. The molecule has 0 aliphatic carbocycles. The minimum atomic E-state index is -0.355. The standard InChI is InChI=1S/C15H16BrNO/c1-5-9-18-14-8-7-13(16)10-12(14)11-17-15(3,4)6-2/h1-2,7-8,10,17H,9,11H2,3-4H3. The third-order valence-electron chi connectivity index (χ3n) is 2.42. The summed E-state index contributed by atoms with van der Waals surface area (Å²) in [4.78, 5) is 0. The zero-order valence-corrected chi connectivity index (χ0v) is 12.2. The van der Waals surface area contributed by atoms with Crippen molar-refractivity contribution < 1.29 is 4.74 Å². The van der Waals surface area contributed by atoms with Crippen molar-refractivity contribution in [2.24, 2.45) is 0 Å². The van der Waals surface area contributed by atoms with E-state index in [1.54, 1.807) is 0 Å². The van der Waals surface area contributed by atoms with Crippen molar-refractivity contribution in [3.05, 3.63) is 28.2 Å². The van der Waals surface area contributed by atoms with E-state index < -0.39 is 0 Å². The maximum atomic E-state index is 5.49. The monoisotopic (exact) mass is 305 g/mol. The molecule has 1 rings (SSSR count). The first-order valence-corrected chi connectivity index (χ1v) is 6.35. The highest BCUT2D eigenvalue weighted by atomic mass is 79.9. The summed E-state index contributed by atoms with van der Waals surface area (Å²) in [6.45, 7) is 4.78. The summed E-state index contributed by atoms with van der Waals surface area (Å²) >= 11 is 3.44. The van der Waals surface area contributed by atoms with E-state index in [9.17, 15) is 0 Å². The third kappa shape index (κ3) is 4.45. The fraction of sp³-hybridized carbons (Fsp3) is 0.333. The molecule has 0 bridgehead atoms. The van der Waals surface area contributed by atoms with Gasteiger partial charge >= 0.3 is 0 Å². The molecule has 0 heterocycles. The van der Waals surface area contributed by atoms with Crippen molar-refractivity contribution in [2.75, 3.05) is 6.61 Å². The summed E-state index contributed by atoms with van der Waals surface area (Å²) in [7, 11) is 0. The number of benzene rings is 1. The number of halogens is 1. The van der Waals surface area contributed by atoms with Crippen molar-refractivity contribution in [1.29, 1.82) is 0 Å². The molecule has 0 amide bonds. The molecule has 2 nitrogen and oxygen atoms in total. The molecule has 0 aliphatic rings. The topological polar surface area (TPSA) is 21.3 Å². The van der Waals surface area contributed by atoms with Gasteiger partial charge in [-0.15, -0.1) is 12.8 Å². The van der Waals surface area contributed by atoms with E-state index in [2.05, 4.69) is 33.1 Å². The lowest BCUT2D eigenvalue weighted by Crippen LogP contribution is -2.37. The van der Waals surface area contributed by atoms with Crippen LogP contribution in [0.5, 0.6) is 5.75 Å². The molecule has 1 N–H and O–H groups in total. The summed E-state index contributed by atoms with van der Waals surface area (Å²) < 4.78 is 6.48. The first-order valence-electron chi connectivity index (χ1n) is 5.56. The molecule has 0 atom stereocenters. The Morgan fingerprint density at radius 2 is 2.11 bits per heavy atom. The molecule has 1 aromatic rings. The molecule has 0 saturated heterocycles. The van der Waals surface area contributed by atoms with Crippen LogP contribution in [0, 0.1) is 24.7 Å². The lowest BCUT2D eigenvalue weighted by Gasteiger charge is -2.20. The Hall–Kier alpha value is -1.42. The first-order chi connectivity index (χ1) is 8.48. The van der Waals surface area contributed by atoms with E-state index in [0.29, 0.717) is 6.54 Å². The maximum Gasteiger partial charge on any atom is 0.148 e. The summed E-state index contributed by atoms with van der Waals surface area (Å²) in [5.41, 5.74) is 0.661. The van der Waals surface area contributed by atoms with Gasteiger partial charge in [0.25, 0.3) is 0 Å². The van der Waals surface area contributed by atoms with Crippen molar-refractivity contribution in [3.63, 3.8) is 0 Å². The summed E-state index contributed by atoms with van der Waals surface area (Å²) in [6, 6.07) is 5.80. The van der Waals surface area contributed by atoms with Crippen LogP contribution in [0.2, 0.25) is 0 Å². The van der Waals surface area contributed by atoms with E-state index in [1.165, 1.54) is 0 Å². The number of nitrogens with one attached hydrogen (secondary N) is 1. The number of ether oxygens (including phenoxy) is 1. The van der Waals surface area contributed by atoms with Gasteiger partial charge in [-0.25, -0.2) is 0 Å². The van der Waals surface area contributed by atoms with Gasteiger partial charge in [0.1, 0.15) is 12.4 Å². The van der Waals surface area contributed by atoms with Crippen LogP contribution in [-0.2, 0) is 6.54 Å². The van der Waals surface area contributed by atoms with Gasteiger partial charge in [0, 0.05) is 16.6 Å². The van der Waals surface area contributed by atoms with Gasteiger partial charge in [-0.05, 0) is 32.0 Å². The molecule has 94 valence electrons. The molecular weight excluding hydrogens is 290 g/mol. The quantitative estimate of drug-likeness (QED) is 0.845. The van der Waals surface area contributed by atoms with E-state index in [1.807, 2.05) is 32.0 Å². The molecular formula is C15H16BrNO. The zero-order chi connectivity index (χ0) is 13.6. The predicted octanol–water partition coefficient (Wildman–Crippen LogP) is 2.96. The van der Waals surface area contributed by atoms with Crippen molar-refractivity contribution >= 4 is 15.9 Å². The molecule has 0 saturated carbocycles. The summed E-state index contributed by atoms with van der Waals surface area (Å²) in [5, 5.41) is 3.28. The minimum absolute atomic E-state index is 0.257. The van der Waals surface area contributed by atoms with Crippen LogP contribution < -0.4 is 10.1 Å². The fourth-order valence-corrected chi connectivity index (χ4v) is 1.72. The number of hydrogen-bond acceptors (Lipinski definition) is 2. The molecule has 18 heavy (non-hydrogen) atoms. The Balaban J connectivity index is 2.83. The molecule has 0 spiro atoms. The van der Waals surface area contributed by atoms with Gasteiger partial charge in [-0.3, -0.25) is 5.32 Å². The van der Waals surface area contributed by atoms with Crippen LogP contribution in [0.1, 0.15) is 19.4 Å². The van der Waals surface area contributed by atoms with Gasteiger partial charge in [0.05, 0.1) is 5.54 Å². The molecule has 0 aromatic heterocycles. The Labute approximate surface area is 117 Å². The summed E-state index contributed by atoms with van der Waals surface area (Å²) in [5.74, 6) is 5.92. The predicted molar refractivity (Wildman–Crippen MR) is 78.2 cm³/mol. The van der Waals surface area contributed by atoms with Gasteiger partial charge in [-0.2, -0.15) is 0 Å². The average molecular weight is 306 g/mol. The largest absolute Gasteiger partial charge is 0.481 e. The van der Waals surface area contributed by atoms with Gasteiger partial charge in [-0.1, -0.05) is 27.8 Å². The molecule has 1 aromatic carbocycles. The Morgan fingerprint density at radius 3 is 2.72 bits per heavy atom. The molecule has 0 aliphatic heterocycles. The van der Waals surface area contributed by atoms with Gasteiger partial charge in [0.2, 0.25) is 0 Å². The second kappa shape index (κ2) is 6.50. The van der Waals surface area contributed by atoms with E-state index in [-0.39, 0.29) is 12.1 Å². The number of hydrogen-bond donors (Lipinski definition) is 1. The summed E-state index contributed by atoms with van der Waals surface area (Å²) in [6.07, 6.45) is 10.6. The fourth-order valence-electron chi connectivity index (χ4n) is 1.31. The van der Waals surface area contributed by atoms with E-state index in [0.717, 1.165) is 15.8 Å². The van der Waals surface area contributed by atoms with Crippen LogP contribution in [0.15, 0.2) is 22.7 Å². The van der Waals surface area contributed by atoms with Crippen LogP contribution >= 0.6 is 15.9 Å². The average Bonchev–Trinajstić information content (AvgIpc) is 2.35. The van der Waals surface area contributed by atoms with Crippen molar-refractivity contribution in [2.45, 2.75) is 25.9 Å². The number of rotatable bonds is 5.